The molecule has 4 aromatic rings. The van der Waals surface area contributed by atoms with Gasteiger partial charge in [-0.1, -0.05) is 60.7 Å². The van der Waals surface area contributed by atoms with E-state index in [-0.39, 0.29) is 5.88 Å². The molecule has 2 heterocycles. The molecule has 34 heavy (non-hydrogen) atoms. The van der Waals surface area contributed by atoms with Crippen molar-refractivity contribution in [1.29, 1.82) is 0 Å². The Labute approximate surface area is 195 Å². The number of benzene rings is 2. The molecule has 0 bridgehead atoms. The number of nitrogens with zero attached hydrogens (tertiary/aromatic N) is 3. The number of rotatable bonds is 9. The number of pyridine rings is 1. The molecule has 174 valence electrons. The molecule has 0 aliphatic carbocycles. The van der Waals surface area contributed by atoms with Gasteiger partial charge in [0.2, 0.25) is 0 Å². The van der Waals surface area contributed by atoms with Gasteiger partial charge in [-0.3, -0.25) is 4.98 Å². The largest absolute Gasteiger partial charge is 0.483 e. The maximum absolute atomic E-state index is 13.0. The summed E-state index contributed by atoms with van der Waals surface area (Å²) in [6.45, 7) is 0.609. The first kappa shape index (κ1) is 23.2. The second kappa shape index (κ2) is 10.8. The summed E-state index contributed by atoms with van der Waals surface area (Å²) in [6.07, 6.45) is -1.49. The fraction of sp³-hybridized carbons (Fsp3) is 0.192. The Balaban J connectivity index is 1.49. The van der Waals surface area contributed by atoms with E-state index in [1.807, 2.05) is 60.7 Å². The number of ether oxygens (including phenoxy) is 2. The molecule has 0 amide bonds. The van der Waals surface area contributed by atoms with Crippen molar-refractivity contribution < 1.29 is 22.6 Å². The minimum Gasteiger partial charge on any atom is -0.483 e. The standard InChI is InChI=1S/C26H22F3N3O2/c27-26(28,29)22-13-21(15-30-16-22)11-12-23-14-24(33-17-19-7-3-1-4-8-19)25(32-31-23)34-18-20-9-5-2-6-10-20/h1-10,13-16H,11-12,17-18H2. The van der Waals surface area contributed by atoms with E-state index in [9.17, 15) is 13.2 Å². The highest BCUT2D eigenvalue weighted by atomic mass is 19.4. The molecule has 0 atom stereocenters. The van der Waals surface area contributed by atoms with Gasteiger partial charge in [0, 0.05) is 18.5 Å². The molecule has 4 rings (SSSR count). The Hall–Kier alpha value is -3.94. The van der Waals surface area contributed by atoms with Gasteiger partial charge in [-0.05, 0) is 35.6 Å². The fourth-order valence-corrected chi connectivity index (χ4v) is 3.24. The lowest BCUT2D eigenvalue weighted by Crippen LogP contribution is -2.07. The highest BCUT2D eigenvalue weighted by Crippen LogP contribution is 2.30. The van der Waals surface area contributed by atoms with Crippen LogP contribution in [0.2, 0.25) is 0 Å². The van der Waals surface area contributed by atoms with Crippen LogP contribution in [0.1, 0.15) is 27.9 Å². The van der Waals surface area contributed by atoms with Crippen LogP contribution in [0.5, 0.6) is 11.6 Å². The summed E-state index contributed by atoms with van der Waals surface area (Å²) < 4.78 is 50.7. The van der Waals surface area contributed by atoms with Crippen LogP contribution in [0, 0.1) is 0 Å². The molecular weight excluding hydrogens is 443 g/mol. The summed E-state index contributed by atoms with van der Waals surface area (Å²) in [6, 6.07) is 22.1. The van der Waals surface area contributed by atoms with E-state index in [2.05, 4.69) is 15.2 Å². The van der Waals surface area contributed by atoms with Crippen molar-refractivity contribution in [3.8, 4) is 11.6 Å². The first-order valence-corrected chi connectivity index (χ1v) is 10.7. The van der Waals surface area contributed by atoms with Crippen molar-refractivity contribution in [3.63, 3.8) is 0 Å². The van der Waals surface area contributed by atoms with Crippen LogP contribution in [-0.2, 0) is 32.2 Å². The molecule has 0 spiro atoms. The summed E-state index contributed by atoms with van der Waals surface area (Å²) in [5, 5.41) is 8.38. The zero-order valence-electron chi connectivity index (χ0n) is 18.2. The van der Waals surface area contributed by atoms with Gasteiger partial charge in [0.1, 0.15) is 13.2 Å². The predicted molar refractivity (Wildman–Crippen MR) is 120 cm³/mol. The number of aryl methyl sites for hydroxylation is 2. The van der Waals surface area contributed by atoms with Gasteiger partial charge in [0.05, 0.1) is 11.3 Å². The molecule has 0 saturated heterocycles. The third-order valence-corrected chi connectivity index (χ3v) is 5.03. The topological polar surface area (TPSA) is 57.1 Å². The average molecular weight is 465 g/mol. The van der Waals surface area contributed by atoms with E-state index in [1.165, 1.54) is 6.20 Å². The Kier molecular flexibility index (Phi) is 7.37. The fourth-order valence-electron chi connectivity index (χ4n) is 3.24. The second-order valence-corrected chi connectivity index (χ2v) is 7.63. The van der Waals surface area contributed by atoms with E-state index in [1.54, 1.807) is 6.07 Å². The van der Waals surface area contributed by atoms with Gasteiger partial charge in [0.25, 0.3) is 5.88 Å². The minimum atomic E-state index is -4.43. The minimum absolute atomic E-state index is 0.254. The van der Waals surface area contributed by atoms with E-state index < -0.39 is 11.7 Å². The molecule has 0 N–H and O–H groups in total. The Bertz CT molecular complexity index is 1200. The molecule has 8 heteroatoms. The first-order chi connectivity index (χ1) is 16.5. The highest BCUT2D eigenvalue weighted by molar-refractivity contribution is 5.35. The lowest BCUT2D eigenvalue weighted by Gasteiger charge is -2.13. The predicted octanol–water partition coefficient (Wildman–Crippen LogP) is 5.83. The van der Waals surface area contributed by atoms with E-state index in [0.29, 0.717) is 43.1 Å². The molecule has 0 radical (unpaired) electrons. The number of alkyl halides is 3. The van der Waals surface area contributed by atoms with E-state index >= 15 is 0 Å². The van der Waals surface area contributed by atoms with Crippen LogP contribution < -0.4 is 9.47 Å². The molecule has 2 aromatic carbocycles. The van der Waals surface area contributed by atoms with E-state index in [0.717, 1.165) is 23.4 Å². The monoisotopic (exact) mass is 465 g/mol. The highest BCUT2D eigenvalue weighted by Gasteiger charge is 2.30. The quantitative estimate of drug-likeness (QED) is 0.311. The molecule has 0 fully saturated rings. The summed E-state index contributed by atoms with van der Waals surface area (Å²) in [5.41, 5.74) is 2.22. The molecule has 0 aliphatic rings. The van der Waals surface area contributed by atoms with Crippen LogP contribution in [-0.4, -0.2) is 15.2 Å². The third kappa shape index (κ3) is 6.54. The van der Waals surface area contributed by atoms with Gasteiger partial charge in [-0.15, -0.1) is 5.10 Å². The van der Waals surface area contributed by atoms with Crippen LogP contribution in [0.4, 0.5) is 13.2 Å². The zero-order valence-corrected chi connectivity index (χ0v) is 18.2. The SMILES string of the molecule is FC(F)(F)c1cncc(CCc2cc(OCc3ccccc3)c(OCc3ccccc3)nn2)c1. The van der Waals surface area contributed by atoms with Gasteiger partial charge < -0.3 is 9.47 Å². The van der Waals surface area contributed by atoms with Crippen molar-refractivity contribution >= 4 is 0 Å². The van der Waals surface area contributed by atoms with Crippen molar-refractivity contribution in [2.45, 2.75) is 32.2 Å². The number of hydrogen-bond acceptors (Lipinski definition) is 5. The van der Waals surface area contributed by atoms with Crippen LogP contribution in [0.25, 0.3) is 0 Å². The van der Waals surface area contributed by atoms with Crippen LogP contribution in [0.3, 0.4) is 0 Å². The molecule has 0 aliphatic heterocycles. The van der Waals surface area contributed by atoms with Gasteiger partial charge in [-0.25, -0.2) is 0 Å². The zero-order chi connectivity index (χ0) is 23.8. The molecule has 0 unspecified atom stereocenters. The van der Waals surface area contributed by atoms with Crippen molar-refractivity contribution in [2.75, 3.05) is 0 Å². The molecule has 2 aromatic heterocycles. The maximum atomic E-state index is 13.0. The Morgan fingerprint density at radius 3 is 1.97 bits per heavy atom. The van der Waals surface area contributed by atoms with Crippen molar-refractivity contribution in [1.82, 2.24) is 15.2 Å². The maximum Gasteiger partial charge on any atom is 0.417 e. The van der Waals surface area contributed by atoms with Gasteiger partial charge in [-0.2, -0.15) is 18.3 Å². The van der Waals surface area contributed by atoms with Gasteiger partial charge >= 0.3 is 6.18 Å². The number of hydrogen-bond donors (Lipinski definition) is 0. The average Bonchev–Trinajstić information content (AvgIpc) is 2.86. The normalized spacial score (nSPS) is 11.3. The smallest absolute Gasteiger partial charge is 0.417 e. The Morgan fingerprint density at radius 1 is 0.676 bits per heavy atom. The lowest BCUT2D eigenvalue weighted by atomic mass is 10.1. The van der Waals surface area contributed by atoms with Crippen LogP contribution in [0.15, 0.2) is 85.2 Å². The Morgan fingerprint density at radius 2 is 1.32 bits per heavy atom. The lowest BCUT2D eigenvalue weighted by molar-refractivity contribution is -0.137. The summed E-state index contributed by atoms with van der Waals surface area (Å²) in [4.78, 5) is 3.71. The molecular formula is C26H22F3N3O2. The number of halogens is 3. The van der Waals surface area contributed by atoms with E-state index in [4.69, 9.17) is 9.47 Å². The second-order valence-electron chi connectivity index (χ2n) is 7.63. The number of aromatic nitrogens is 3. The molecule has 0 saturated carbocycles. The van der Waals surface area contributed by atoms with Crippen molar-refractivity contribution in [3.05, 3.63) is 113 Å². The summed E-state index contributed by atoms with van der Waals surface area (Å²) in [7, 11) is 0. The molecule has 5 nitrogen and oxygen atoms in total. The summed E-state index contributed by atoms with van der Waals surface area (Å²) in [5.74, 6) is 0.677. The first-order valence-electron chi connectivity index (χ1n) is 10.7. The van der Waals surface area contributed by atoms with Crippen molar-refractivity contribution in [2.24, 2.45) is 0 Å². The van der Waals surface area contributed by atoms with Crippen LogP contribution >= 0.6 is 0 Å². The van der Waals surface area contributed by atoms with Gasteiger partial charge in [0.15, 0.2) is 5.75 Å². The third-order valence-electron chi connectivity index (χ3n) is 5.03. The summed E-state index contributed by atoms with van der Waals surface area (Å²) >= 11 is 0.